The summed E-state index contributed by atoms with van der Waals surface area (Å²) in [6, 6.07) is 10.9. The van der Waals surface area contributed by atoms with Crippen molar-refractivity contribution in [3.63, 3.8) is 0 Å². The van der Waals surface area contributed by atoms with E-state index in [0.29, 0.717) is 6.04 Å². The van der Waals surface area contributed by atoms with Crippen molar-refractivity contribution in [2.45, 2.75) is 36.9 Å². The maximum absolute atomic E-state index is 11.6. The van der Waals surface area contributed by atoms with Crippen molar-refractivity contribution in [2.24, 2.45) is 0 Å². The maximum Gasteiger partial charge on any atom is 0.344 e. The molecule has 1 aliphatic rings. The number of nitrogens with zero attached hydrogens (tertiary/aromatic N) is 2. The van der Waals surface area contributed by atoms with Gasteiger partial charge in [-0.25, -0.2) is 9.89 Å². The highest BCUT2D eigenvalue weighted by atomic mass is 32.2. The fourth-order valence-electron chi connectivity index (χ4n) is 2.13. The van der Waals surface area contributed by atoms with E-state index in [1.54, 1.807) is 11.8 Å². The Balaban J connectivity index is 1.51. The molecular weight excluding hydrogens is 258 g/mol. The third kappa shape index (κ3) is 3.10. The maximum atomic E-state index is 11.6. The molecule has 0 amide bonds. The Labute approximate surface area is 116 Å². The van der Waals surface area contributed by atoms with Gasteiger partial charge in [-0.05, 0) is 31.2 Å². The van der Waals surface area contributed by atoms with Crippen LogP contribution in [0, 0.1) is 0 Å². The molecule has 0 spiro atoms. The van der Waals surface area contributed by atoms with Crippen LogP contribution in [0.1, 0.15) is 30.9 Å². The largest absolute Gasteiger partial charge is 0.344 e. The number of thioether (sulfide) groups is 1. The highest BCUT2D eigenvalue weighted by Gasteiger charge is 2.28. The quantitative estimate of drug-likeness (QED) is 0.651. The molecule has 1 aromatic heterocycles. The smallest absolute Gasteiger partial charge is 0.267 e. The number of nitrogens with one attached hydrogen (secondary N) is 1. The first-order valence-corrected chi connectivity index (χ1v) is 7.67. The zero-order chi connectivity index (χ0) is 13.1. The van der Waals surface area contributed by atoms with Gasteiger partial charge in [0.15, 0.2) is 5.16 Å². The number of hydrogen-bond acceptors (Lipinski definition) is 3. The van der Waals surface area contributed by atoms with Gasteiger partial charge in [0, 0.05) is 11.8 Å². The lowest BCUT2D eigenvalue weighted by molar-refractivity contribution is 0.642. The predicted octanol–water partition coefficient (Wildman–Crippen LogP) is 2.63. The predicted molar refractivity (Wildman–Crippen MR) is 76.6 cm³/mol. The van der Waals surface area contributed by atoms with E-state index < -0.39 is 0 Å². The van der Waals surface area contributed by atoms with E-state index in [1.165, 1.54) is 5.56 Å². The number of hydrogen-bond donors (Lipinski definition) is 1. The Hall–Kier alpha value is -1.49. The Morgan fingerprint density at radius 2 is 2.11 bits per heavy atom. The lowest BCUT2D eigenvalue weighted by Gasteiger charge is -2.03. The Bertz CT molecular complexity index is 586. The van der Waals surface area contributed by atoms with Crippen LogP contribution in [0.4, 0.5) is 0 Å². The van der Waals surface area contributed by atoms with E-state index in [9.17, 15) is 4.79 Å². The van der Waals surface area contributed by atoms with Gasteiger partial charge in [-0.3, -0.25) is 4.57 Å². The minimum Gasteiger partial charge on any atom is -0.267 e. The molecule has 1 fully saturated rings. The summed E-state index contributed by atoms with van der Waals surface area (Å²) >= 11 is 1.68. The molecule has 1 saturated carbocycles. The summed E-state index contributed by atoms with van der Waals surface area (Å²) < 4.78 is 1.81. The van der Waals surface area contributed by atoms with E-state index in [2.05, 4.69) is 34.5 Å². The third-order valence-corrected chi connectivity index (χ3v) is 4.31. The molecule has 5 heteroatoms. The molecule has 0 aliphatic heterocycles. The summed E-state index contributed by atoms with van der Waals surface area (Å²) in [6.07, 6.45) is 4.39. The molecule has 100 valence electrons. The van der Waals surface area contributed by atoms with E-state index >= 15 is 0 Å². The molecule has 1 aromatic carbocycles. The standard InChI is InChI=1S/C14H17N3OS/c18-13-15-16-14(17(13)12-8-9-12)19-10-4-7-11-5-2-1-3-6-11/h1-3,5-6,12H,4,7-10H2,(H,15,18). The number of H-pyrrole nitrogens is 1. The zero-order valence-electron chi connectivity index (χ0n) is 10.7. The van der Waals surface area contributed by atoms with Crippen LogP contribution in [0.25, 0.3) is 0 Å². The molecule has 4 nitrogen and oxygen atoms in total. The van der Waals surface area contributed by atoms with Gasteiger partial charge < -0.3 is 0 Å². The van der Waals surface area contributed by atoms with Crippen molar-refractivity contribution in [1.82, 2.24) is 14.8 Å². The van der Waals surface area contributed by atoms with Gasteiger partial charge in [0.1, 0.15) is 0 Å². The molecule has 19 heavy (non-hydrogen) atoms. The van der Waals surface area contributed by atoms with Crippen LogP contribution in [0.3, 0.4) is 0 Å². The first kappa shape index (κ1) is 12.5. The fourth-order valence-corrected chi connectivity index (χ4v) is 3.08. The molecule has 0 radical (unpaired) electrons. The van der Waals surface area contributed by atoms with Crippen LogP contribution >= 0.6 is 11.8 Å². The van der Waals surface area contributed by atoms with Crippen LogP contribution in [0.15, 0.2) is 40.3 Å². The Morgan fingerprint density at radius 3 is 2.84 bits per heavy atom. The van der Waals surface area contributed by atoms with Crippen molar-refractivity contribution in [1.29, 1.82) is 0 Å². The minimum atomic E-state index is -0.0620. The number of benzene rings is 1. The fraction of sp³-hybridized carbons (Fsp3) is 0.429. The van der Waals surface area contributed by atoms with Crippen LogP contribution in [0.5, 0.6) is 0 Å². The monoisotopic (exact) mass is 275 g/mol. The molecular formula is C14H17N3OS. The van der Waals surface area contributed by atoms with Gasteiger partial charge in [0.2, 0.25) is 0 Å². The number of aryl methyl sites for hydroxylation is 1. The van der Waals surface area contributed by atoms with Gasteiger partial charge in [-0.2, -0.15) is 0 Å². The van der Waals surface area contributed by atoms with Gasteiger partial charge >= 0.3 is 5.69 Å². The van der Waals surface area contributed by atoms with E-state index in [0.717, 1.165) is 36.6 Å². The van der Waals surface area contributed by atoms with Crippen LogP contribution in [0.2, 0.25) is 0 Å². The van der Waals surface area contributed by atoms with Crippen LogP contribution < -0.4 is 5.69 Å². The number of rotatable bonds is 6. The third-order valence-electron chi connectivity index (χ3n) is 3.27. The molecule has 0 unspecified atom stereocenters. The second kappa shape index (κ2) is 5.65. The molecule has 1 N–H and O–H groups in total. The topological polar surface area (TPSA) is 50.7 Å². The summed E-state index contributed by atoms with van der Waals surface area (Å²) in [4.78, 5) is 11.6. The van der Waals surface area contributed by atoms with E-state index in [1.807, 2.05) is 10.6 Å². The summed E-state index contributed by atoms with van der Waals surface area (Å²) in [6.45, 7) is 0. The molecule has 1 aliphatic carbocycles. The first-order chi connectivity index (χ1) is 9.34. The minimum absolute atomic E-state index is 0.0620. The Kier molecular flexibility index (Phi) is 3.73. The molecule has 2 aromatic rings. The number of aromatic nitrogens is 3. The summed E-state index contributed by atoms with van der Waals surface area (Å²) in [5.74, 6) is 0.992. The van der Waals surface area contributed by atoms with Crippen molar-refractivity contribution in [3.05, 3.63) is 46.4 Å². The Morgan fingerprint density at radius 1 is 1.32 bits per heavy atom. The van der Waals surface area contributed by atoms with Gasteiger partial charge in [-0.1, -0.05) is 42.1 Å². The average Bonchev–Trinajstić information content (AvgIpc) is 3.20. The van der Waals surface area contributed by atoms with Crippen molar-refractivity contribution >= 4 is 11.8 Å². The van der Waals surface area contributed by atoms with Gasteiger partial charge in [-0.15, -0.1) is 5.10 Å². The summed E-state index contributed by atoms with van der Waals surface area (Å²) in [7, 11) is 0. The normalized spacial score (nSPS) is 14.7. The molecule has 3 rings (SSSR count). The molecule has 0 bridgehead atoms. The van der Waals surface area contributed by atoms with E-state index in [4.69, 9.17) is 0 Å². The highest BCUT2D eigenvalue weighted by Crippen LogP contribution is 2.36. The van der Waals surface area contributed by atoms with Gasteiger partial charge in [0.25, 0.3) is 0 Å². The summed E-state index contributed by atoms with van der Waals surface area (Å²) in [5, 5.41) is 7.51. The zero-order valence-corrected chi connectivity index (χ0v) is 11.5. The van der Waals surface area contributed by atoms with Crippen molar-refractivity contribution < 1.29 is 0 Å². The van der Waals surface area contributed by atoms with Gasteiger partial charge in [0.05, 0.1) is 0 Å². The summed E-state index contributed by atoms with van der Waals surface area (Å²) in [5.41, 5.74) is 1.30. The average molecular weight is 275 g/mol. The molecule has 0 atom stereocenters. The number of aromatic amines is 1. The molecule has 0 saturated heterocycles. The van der Waals surface area contributed by atoms with Crippen LogP contribution in [-0.4, -0.2) is 20.5 Å². The highest BCUT2D eigenvalue weighted by molar-refractivity contribution is 7.99. The molecule has 1 heterocycles. The first-order valence-electron chi connectivity index (χ1n) is 6.68. The SMILES string of the molecule is O=c1[nH]nc(SCCCc2ccccc2)n1C1CC1. The van der Waals surface area contributed by atoms with Crippen molar-refractivity contribution in [3.8, 4) is 0 Å². The second-order valence-corrected chi connectivity index (χ2v) is 5.91. The van der Waals surface area contributed by atoms with Crippen molar-refractivity contribution in [2.75, 3.05) is 5.75 Å². The van der Waals surface area contributed by atoms with E-state index in [-0.39, 0.29) is 5.69 Å². The van der Waals surface area contributed by atoms with Crippen LogP contribution in [-0.2, 0) is 6.42 Å². The second-order valence-electron chi connectivity index (χ2n) is 4.85. The lowest BCUT2D eigenvalue weighted by Crippen LogP contribution is -2.16. The lowest BCUT2D eigenvalue weighted by atomic mass is 10.1.